The number of aromatic nitrogens is 1. The predicted molar refractivity (Wildman–Crippen MR) is 140 cm³/mol. The number of carbonyl (C=O) groups is 2. The third-order valence-electron chi connectivity index (χ3n) is 5.82. The van der Waals surface area contributed by atoms with Crippen LogP contribution in [-0.2, 0) is 16.9 Å². The van der Waals surface area contributed by atoms with Crippen LogP contribution in [0.5, 0.6) is 5.75 Å². The van der Waals surface area contributed by atoms with Crippen molar-refractivity contribution in [2.24, 2.45) is 5.73 Å². The van der Waals surface area contributed by atoms with Crippen LogP contribution in [0.2, 0.25) is 5.02 Å². The fraction of sp³-hybridized carbons (Fsp3) is 0.214. The Morgan fingerprint density at radius 3 is 2.44 bits per heavy atom. The number of hydrogen-bond acceptors (Lipinski definition) is 5. The number of fused-ring (bicyclic) bond motifs is 1. The maximum atomic E-state index is 13.4. The van der Waals surface area contributed by atoms with Crippen molar-refractivity contribution < 1.29 is 19.1 Å². The number of amides is 1. The van der Waals surface area contributed by atoms with Gasteiger partial charge in [0.1, 0.15) is 18.0 Å². The van der Waals surface area contributed by atoms with Crippen LogP contribution in [0.1, 0.15) is 40.1 Å². The van der Waals surface area contributed by atoms with Gasteiger partial charge in [0.25, 0.3) is 5.91 Å². The largest absolute Gasteiger partial charge is 0.492 e. The molecule has 0 fully saturated rings. The second-order valence-corrected chi connectivity index (χ2v) is 8.95. The Bertz CT molecular complexity index is 1360. The fourth-order valence-electron chi connectivity index (χ4n) is 3.97. The molecule has 0 radical (unpaired) electrons. The van der Waals surface area contributed by atoms with E-state index in [1.807, 2.05) is 41.1 Å². The molecular weight excluding hydrogens is 478 g/mol. The number of benzene rings is 3. The van der Waals surface area contributed by atoms with Gasteiger partial charge in [0.15, 0.2) is 0 Å². The van der Waals surface area contributed by atoms with E-state index >= 15 is 0 Å². The molecule has 0 saturated heterocycles. The van der Waals surface area contributed by atoms with Crippen molar-refractivity contribution in [2.45, 2.75) is 26.1 Å². The molecule has 186 valence electrons. The zero-order chi connectivity index (χ0) is 25.7. The molecule has 0 bridgehead atoms. The lowest BCUT2D eigenvalue weighted by atomic mass is 10.00. The minimum Gasteiger partial charge on any atom is -0.492 e. The first-order chi connectivity index (χ1) is 17.3. The number of nitrogens with zero attached hydrogens (tertiary/aromatic N) is 1. The lowest BCUT2D eigenvalue weighted by Gasteiger charge is -2.27. The average Bonchev–Trinajstić information content (AvgIpc) is 3.28. The van der Waals surface area contributed by atoms with Gasteiger partial charge in [-0.2, -0.15) is 0 Å². The van der Waals surface area contributed by atoms with Gasteiger partial charge >= 0.3 is 5.97 Å². The van der Waals surface area contributed by atoms with Gasteiger partial charge in [0.05, 0.1) is 29.8 Å². The molecule has 0 aliphatic rings. The van der Waals surface area contributed by atoms with E-state index in [1.165, 1.54) is 0 Å². The Balaban J connectivity index is 1.50. The smallest absolute Gasteiger partial charge is 0.338 e. The van der Waals surface area contributed by atoms with Crippen LogP contribution in [0.4, 0.5) is 0 Å². The number of para-hydroxylation sites is 1. The number of nitrogens with two attached hydrogens (primary N) is 1. The monoisotopic (exact) mass is 505 g/mol. The summed E-state index contributed by atoms with van der Waals surface area (Å²) < 4.78 is 12.8. The zero-order valence-electron chi connectivity index (χ0n) is 20.2. The van der Waals surface area contributed by atoms with E-state index in [1.54, 1.807) is 56.3 Å². The summed E-state index contributed by atoms with van der Waals surface area (Å²) >= 11 is 5.93. The minimum atomic E-state index is -1.17. The van der Waals surface area contributed by atoms with E-state index in [9.17, 15) is 9.59 Å². The summed E-state index contributed by atoms with van der Waals surface area (Å²) in [5, 5.41) is 4.51. The lowest BCUT2D eigenvalue weighted by Crippen LogP contribution is -2.50. The molecule has 7 nitrogen and oxygen atoms in total. The van der Waals surface area contributed by atoms with Crippen molar-refractivity contribution in [1.29, 1.82) is 0 Å². The van der Waals surface area contributed by atoms with Gasteiger partial charge in [-0.3, -0.25) is 4.79 Å². The SMILES string of the molecule is CCOC(=O)c1ccc(C(C)(N)NC(=O)c2cccc3ccn(CCOc4ccc(Cl)cc4)c23)cc1. The highest BCUT2D eigenvalue weighted by Gasteiger charge is 2.26. The number of esters is 1. The van der Waals surface area contributed by atoms with Crippen molar-refractivity contribution in [3.05, 3.63) is 101 Å². The van der Waals surface area contributed by atoms with E-state index in [0.717, 1.165) is 16.7 Å². The van der Waals surface area contributed by atoms with Gasteiger partial charge in [0.2, 0.25) is 0 Å². The second kappa shape index (κ2) is 10.8. The van der Waals surface area contributed by atoms with Crippen LogP contribution < -0.4 is 15.8 Å². The second-order valence-electron chi connectivity index (χ2n) is 8.51. The molecule has 1 amide bonds. The topological polar surface area (TPSA) is 95.6 Å². The number of halogens is 1. The molecule has 0 spiro atoms. The summed E-state index contributed by atoms with van der Waals surface area (Å²) in [5.74, 6) is 0.0135. The van der Waals surface area contributed by atoms with Crippen molar-refractivity contribution >= 4 is 34.4 Å². The molecule has 1 heterocycles. The van der Waals surface area contributed by atoms with Gasteiger partial charge in [-0.25, -0.2) is 4.79 Å². The first kappa shape index (κ1) is 25.3. The van der Waals surface area contributed by atoms with E-state index in [4.69, 9.17) is 26.8 Å². The van der Waals surface area contributed by atoms with Crippen LogP contribution >= 0.6 is 11.6 Å². The van der Waals surface area contributed by atoms with Crippen LogP contribution in [0.3, 0.4) is 0 Å². The summed E-state index contributed by atoms with van der Waals surface area (Å²) in [6.45, 7) is 4.73. The summed E-state index contributed by atoms with van der Waals surface area (Å²) in [5.41, 5.74) is 7.70. The zero-order valence-corrected chi connectivity index (χ0v) is 20.9. The molecule has 0 aliphatic heterocycles. The molecule has 3 N–H and O–H groups in total. The van der Waals surface area contributed by atoms with Crippen molar-refractivity contribution in [2.75, 3.05) is 13.2 Å². The maximum absolute atomic E-state index is 13.4. The van der Waals surface area contributed by atoms with Crippen molar-refractivity contribution in [1.82, 2.24) is 9.88 Å². The molecule has 1 aromatic heterocycles. The molecule has 0 aliphatic carbocycles. The van der Waals surface area contributed by atoms with E-state index in [2.05, 4.69) is 5.32 Å². The van der Waals surface area contributed by atoms with Gasteiger partial charge in [-0.15, -0.1) is 0 Å². The van der Waals surface area contributed by atoms with Crippen molar-refractivity contribution in [3.63, 3.8) is 0 Å². The Hall–Kier alpha value is -3.81. The number of carbonyl (C=O) groups excluding carboxylic acids is 2. The summed E-state index contributed by atoms with van der Waals surface area (Å²) in [4.78, 5) is 25.3. The Morgan fingerprint density at radius 1 is 1.03 bits per heavy atom. The molecule has 3 aromatic carbocycles. The molecule has 4 rings (SSSR count). The van der Waals surface area contributed by atoms with E-state index < -0.39 is 11.6 Å². The molecule has 1 unspecified atom stereocenters. The Morgan fingerprint density at radius 2 is 1.75 bits per heavy atom. The summed E-state index contributed by atoms with van der Waals surface area (Å²) in [6, 6.07) is 21.4. The molecule has 0 saturated carbocycles. The Kier molecular flexibility index (Phi) is 7.62. The molecule has 8 heteroatoms. The van der Waals surface area contributed by atoms with Crippen LogP contribution in [-0.4, -0.2) is 29.7 Å². The first-order valence-electron chi connectivity index (χ1n) is 11.6. The minimum absolute atomic E-state index is 0.297. The average molecular weight is 506 g/mol. The van der Waals surface area contributed by atoms with Gasteiger partial charge in [0, 0.05) is 16.6 Å². The standard InChI is InChI=1S/C28H28ClN3O4/c1-3-35-27(34)20-7-9-21(10-8-20)28(2,30)31-26(33)24-6-4-5-19-15-16-32(25(19)24)17-18-36-23-13-11-22(29)12-14-23/h4-16H,3,17-18,30H2,1-2H3,(H,31,33). The quantitative estimate of drug-likeness (QED) is 0.243. The number of hydrogen-bond donors (Lipinski definition) is 2. The summed E-state index contributed by atoms with van der Waals surface area (Å²) in [7, 11) is 0. The molecule has 4 aromatic rings. The van der Waals surface area contributed by atoms with Gasteiger partial charge in [-0.05, 0) is 67.9 Å². The third kappa shape index (κ3) is 5.70. The Labute approximate surface area is 214 Å². The molecule has 36 heavy (non-hydrogen) atoms. The predicted octanol–water partition coefficient (Wildman–Crippen LogP) is 5.11. The normalized spacial score (nSPS) is 12.7. The van der Waals surface area contributed by atoms with Crippen LogP contribution in [0, 0.1) is 0 Å². The van der Waals surface area contributed by atoms with Crippen LogP contribution in [0.15, 0.2) is 79.0 Å². The highest BCUT2D eigenvalue weighted by molar-refractivity contribution is 6.30. The number of nitrogens with one attached hydrogen (secondary N) is 1. The van der Waals surface area contributed by atoms with Gasteiger partial charge in [-0.1, -0.05) is 35.9 Å². The lowest BCUT2D eigenvalue weighted by molar-refractivity contribution is 0.0526. The third-order valence-corrected chi connectivity index (χ3v) is 6.07. The van der Waals surface area contributed by atoms with E-state index in [-0.39, 0.29) is 5.91 Å². The van der Waals surface area contributed by atoms with Crippen molar-refractivity contribution in [3.8, 4) is 5.75 Å². The highest BCUT2D eigenvalue weighted by Crippen LogP contribution is 2.23. The highest BCUT2D eigenvalue weighted by atomic mass is 35.5. The summed E-state index contributed by atoms with van der Waals surface area (Å²) in [6.07, 6.45) is 1.93. The number of ether oxygens (including phenoxy) is 2. The first-order valence-corrected chi connectivity index (χ1v) is 12.0. The van der Waals surface area contributed by atoms with E-state index in [0.29, 0.717) is 41.5 Å². The van der Waals surface area contributed by atoms with Gasteiger partial charge < -0.3 is 25.1 Å². The fourth-order valence-corrected chi connectivity index (χ4v) is 4.09. The molecular formula is C28H28ClN3O4. The molecule has 1 atom stereocenters. The number of rotatable bonds is 9. The maximum Gasteiger partial charge on any atom is 0.338 e. The van der Waals surface area contributed by atoms with Crippen LogP contribution in [0.25, 0.3) is 10.9 Å².